The number of hydrogen-bond acceptors (Lipinski definition) is 7. The van der Waals surface area contributed by atoms with Crippen molar-refractivity contribution >= 4 is 11.7 Å². The summed E-state index contributed by atoms with van der Waals surface area (Å²) in [6, 6.07) is 22.7. The smallest absolute Gasteiger partial charge is 0.333 e. The van der Waals surface area contributed by atoms with Crippen molar-refractivity contribution in [1.29, 1.82) is 0 Å². The lowest BCUT2D eigenvalue weighted by molar-refractivity contribution is -0.958. The number of fused-ring (bicyclic) bond motifs is 3. The molecule has 0 spiro atoms. The normalized spacial score (nSPS) is 22.7. The maximum atomic E-state index is 13.6. The van der Waals surface area contributed by atoms with E-state index in [2.05, 4.69) is 20.4 Å². The van der Waals surface area contributed by atoms with Crippen LogP contribution in [0.4, 0.5) is 5.69 Å². The van der Waals surface area contributed by atoms with E-state index in [1.807, 2.05) is 72.8 Å². The third-order valence-corrected chi connectivity index (χ3v) is 7.63. The fraction of sp³-hybridized carbons (Fsp3) is 0.310. The Balaban J connectivity index is 0.00000294. The Bertz CT molecular complexity index is 1330. The van der Waals surface area contributed by atoms with Crippen LogP contribution in [0.15, 0.2) is 89.7 Å². The van der Waals surface area contributed by atoms with Crippen molar-refractivity contribution in [3.05, 3.63) is 96.6 Å². The zero-order chi connectivity index (χ0) is 25.1. The summed E-state index contributed by atoms with van der Waals surface area (Å²) in [6.45, 7) is 3.49. The fourth-order valence-corrected chi connectivity index (χ4v) is 5.65. The highest BCUT2D eigenvalue weighted by Gasteiger charge is 2.48. The molecule has 0 amide bonds. The minimum atomic E-state index is -0.576. The highest BCUT2D eigenvalue weighted by molar-refractivity contribution is 5.81. The molecule has 2 atom stereocenters. The Labute approximate surface area is 228 Å². The molecule has 7 rings (SSSR count). The van der Waals surface area contributed by atoms with Gasteiger partial charge in [-0.15, -0.1) is 0 Å². The molecule has 0 saturated carbocycles. The van der Waals surface area contributed by atoms with E-state index in [4.69, 9.17) is 9.26 Å². The maximum Gasteiger partial charge on any atom is 0.333 e. The average Bonchev–Trinajstić information content (AvgIpc) is 3.41. The molecule has 1 N–H and O–H groups in total. The molecule has 0 aliphatic carbocycles. The van der Waals surface area contributed by atoms with Gasteiger partial charge in [0.1, 0.15) is 13.1 Å². The van der Waals surface area contributed by atoms with E-state index in [0.717, 1.165) is 53.8 Å². The number of aromatic nitrogens is 3. The quantitative estimate of drug-likeness (QED) is 0.273. The predicted molar refractivity (Wildman–Crippen MR) is 138 cm³/mol. The van der Waals surface area contributed by atoms with Gasteiger partial charge in [0, 0.05) is 42.4 Å². The Morgan fingerprint density at radius 3 is 2.39 bits per heavy atom. The molecule has 5 heterocycles. The fourth-order valence-electron chi connectivity index (χ4n) is 5.65. The summed E-state index contributed by atoms with van der Waals surface area (Å²) in [5, 5.41) is 7.64. The van der Waals surface area contributed by atoms with Gasteiger partial charge in [-0.05, 0) is 29.8 Å². The molecule has 8 nitrogen and oxygen atoms in total. The van der Waals surface area contributed by atoms with Crippen LogP contribution in [-0.4, -0.2) is 51.3 Å². The summed E-state index contributed by atoms with van der Waals surface area (Å²) >= 11 is 0. The summed E-state index contributed by atoms with van der Waals surface area (Å²) in [4.78, 5) is 22.3. The van der Waals surface area contributed by atoms with Crippen LogP contribution in [0, 0.1) is 5.92 Å². The van der Waals surface area contributed by atoms with E-state index in [0.29, 0.717) is 24.2 Å². The molecule has 3 fully saturated rings. The molecule has 38 heavy (non-hydrogen) atoms. The number of quaternary nitrogens is 1. The second-order valence-corrected chi connectivity index (χ2v) is 10.0. The van der Waals surface area contributed by atoms with Crippen molar-refractivity contribution in [3.63, 3.8) is 0 Å². The third-order valence-electron chi connectivity index (χ3n) is 7.63. The number of ether oxygens (including phenoxy) is 1. The predicted octanol–water partition coefficient (Wildman–Crippen LogP) is 1.64. The highest BCUT2D eigenvalue weighted by Crippen LogP contribution is 2.37. The molecule has 0 radical (unpaired) electrons. The van der Waals surface area contributed by atoms with Crippen molar-refractivity contribution < 1.29 is 30.9 Å². The number of pyridine rings is 1. The molecule has 4 aromatic rings. The minimum Gasteiger partial charge on any atom is -1.00 e. The molecule has 3 saturated heterocycles. The number of carbonyl (C=O) groups excluding carboxylic acids is 1. The molecule has 3 aliphatic rings. The van der Waals surface area contributed by atoms with Crippen LogP contribution in [0.25, 0.3) is 11.5 Å². The standard InChI is InChI=1S/C29H30N5O3.ClH/c35-29(27(22-7-3-1-4-8-22)31-24-9-5-2-6-10-24)36-25-19-34(17-13-21(25)14-18-34)20-26-32-28(37-33-26)23-11-15-30-16-12-23;/h1-12,15-16,21,25,27,31H,13-14,17-20H2;1H/q+1;/p-1/t21?,25-,27+,34?;/m0./s1. The number of carbonyl (C=O) groups is 1. The third kappa shape index (κ3) is 5.56. The topological polar surface area (TPSA) is 90.1 Å². The van der Waals surface area contributed by atoms with Crippen LogP contribution in [0.5, 0.6) is 0 Å². The largest absolute Gasteiger partial charge is 1.00 e. The van der Waals surface area contributed by atoms with Gasteiger partial charge in [-0.3, -0.25) is 4.98 Å². The molecular formula is C29H30ClN5O3. The second-order valence-electron chi connectivity index (χ2n) is 10.0. The van der Waals surface area contributed by atoms with Crippen molar-refractivity contribution in [2.75, 3.05) is 25.0 Å². The van der Waals surface area contributed by atoms with Crippen LogP contribution < -0.4 is 17.7 Å². The van der Waals surface area contributed by atoms with Crippen LogP contribution in [0.1, 0.15) is 30.3 Å². The van der Waals surface area contributed by atoms with Crippen molar-refractivity contribution in [2.45, 2.75) is 31.5 Å². The van der Waals surface area contributed by atoms with Gasteiger partial charge in [-0.1, -0.05) is 53.7 Å². The van der Waals surface area contributed by atoms with Gasteiger partial charge in [0.15, 0.2) is 12.1 Å². The first-order valence-electron chi connectivity index (χ1n) is 12.8. The number of halogens is 1. The van der Waals surface area contributed by atoms with E-state index in [9.17, 15) is 4.79 Å². The highest BCUT2D eigenvalue weighted by atomic mass is 35.5. The monoisotopic (exact) mass is 531 g/mol. The van der Waals surface area contributed by atoms with Gasteiger partial charge in [0.05, 0.1) is 13.1 Å². The van der Waals surface area contributed by atoms with Crippen molar-refractivity contribution in [1.82, 2.24) is 15.1 Å². The summed E-state index contributed by atoms with van der Waals surface area (Å²) < 4.78 is 12.6. The Morgan fingerprint density at radius 2 is 1.68 bits per heavy atom. The summed E-state index contributed by atoms with van der Waals surface area (Å²) in [5.41, 5.74) is 2.63. The average molecular weight is 532 g/mol. The van der Waals surface area contributed by atoms with Crippen LogP contribution >= 0.6 is 0 Å². The van der Waals surface area contributed by atoms with Gasteiger partial charge in [0.2, 0.25) is 5.82 Å². The zero-order valence-electron chi connectivity index (χ0n) is 20.9. The number of anilines is 1. The van der Waals surface area contributed by atoms with Crippen LogP contribution in [0.2, 0.25) is 0 Å². The van der Waals surface area contributed by atoms with E-state index in [-0.39, 0.29) is 24.5 Å². The van der Waals surface area contributed by atoms with Gasteiger partial charge in [0.25, 0.3) is 5.89 Å². The molecular weight excluding hydrogens is 502 g/mol. The molecule has 2 aromatic carbocycles. The molecule has 196 valence electrons. The van der Waals surface area contributed by atoms with Gasteiger partial charge in [-0.25, -0.2) is 4.79 Å². The Morgan fingerprint density at radius 1 is 1.00 bits per heavy atom. The molecule has 2 bridgehead atoms. The van der Waals surface area contributed by atoms with Gasteiger partial charge < -0.3 is 31.5 Å². The van der Waals surface area contributed by atoms with Crippen LogP contribution in [0.3, 0.4) is 0 Å². The van der Waals surface area contributed by atoms with Gasteiger partial charge >= 0.3 is 5.97 Å². The number of nitrogens with zero attached hydrogens (tertiary/aromatic N) is 4. The second kappa shape index (κ2) is 11.3. The van der Waals surface area contributed by atoms with Gasteiger partial charge in [-0.2, -0.15) is 4.98 Å². The number of rotatable bonds is 8. The lowest BCUT2D eigenvalue weighted by atomic mass is 9.83. The number of hydrogen-bond donors (Lipinski definition) is 1. The summed E-state index contributed by atoms with van der Waals surface area (Å²) in [7, 11) is 0. The van der Waals surface area contributed by atoms with E-state index < -0.39 is 6.04 Å². The minimum absolute atomic E-state index is 0. The molecule has 0 unspecified atom stereocenters. The first-order chi connectivity index (χ1) is 18.2. The van der Waals surface area contributed by atoms with Crippen molar-refractivity contribution in [3.8, 4) is 11.5 Å². The van der Waals surface area contributed by atoms with E-state index in [1.165, 1.54) is 0 Å². The first-order valence-corrected chi connectivity index (χ1v) is 12.8. The Hall–Kier alpha value is -3.75. The SMILES string of the molecule is O=C(O[C@H]1C[N+]2(Cc3noc(-c4ccncc4)n3)CCC1CC2)[C@H](Nc1ccccc1)c1ccccc1.[Cl-]. The molecule has 3 aliphatic heterocycles. The van der Waals surface area contributed by atoms with Crippen LogP contribution in [-0.2, 0) is 16.1 Å². The Kier molecular flexibility index (Phi) is 7.72. The number of esters is 1. The number of benzene rings is 2. The van der Waals surface area contributed by atoms with Crippen molar-refractivity contribution in [2.24, 2.45) is 5.92 Å². The lowest BCUT2D eigenvalue weighted by Gasteiger charge is -2.51. The number of piperidine rings is 3. The molecule has 9 heteroatoms. The lowest BCUT2D eigenvalue weighted by Crippen LogP contribution is -3.00. The van der Waals surface area contributed by atoms with E-state index >= 15 is 0 Å². The first kappa shape index (κ1) is 25.9. The number of para-hydroxylation sites is 1. The number of nitrogens with one attached hydrogen (secondary N) is 1. The zero-order valence-corrected chi connectivity index (χ0v) is 21.7. The summed E-state index contributed by atoms with van der Waals surface area (Å²) in [5.74, 6) is 1.33. The molecule has 2 aromatic heterocycles. The maximum absolute atomic E-state index is 13.6. The van der Waals surface area contributed by atoms with E-state index in [1.54, 1.807) is 12.4 Å². The summed E-state index contributed by atoms with van der Waals surface area (Å²) in [6.07, 6.45) is 5.34.